The van der Waals surface area contributed by atoms with Crippen molar-refractivity contribution in [3.63, 3.8) is 0 Å². The molecule has 0 saturated heterocycles. The van der Waals surface area contributed by atoms with Crippen molar-refractivity contribution >= 4 is 34.8 Å². The predicted molar refractivity (Wildman–Crippen MR) is 86.0 cm³/mol. The Morgan fingerprint density at radius 2 is 2.14 bits per heavy atom. The Balaban J connectivity index is 1.82. The lowest BCUT2D eigenvalue weighted by atomic mass is 9.97. The molecule has 1 atom stereocenters. The molecule has 1 aromatic carbocycles. The van der Waals surface area contributed by atoms with Crippen LogP contribution in [0.3, 0.4) is 0 Å². The molecule has 1 heterocycles. The Labute approximate surface area is 134 Å². The number of aryl methyl sites for hydroxylation is 1. The van der Waals surface area contributed by atoms with E-state index in [0.717, 1.165) is 36.2 Å². The molecule has 0 spiro atoms. The third kappa shape index (κ3) is 5.15. The SMILES string of the molecule is O=C1CCc2cc(C(O)CCCNCC(Cl)Cl)ccc2N1. The number of halogens is 2. The summed E-state index contributed by atoms with van der Waals surface area (Å²) >= 11 is 11.2. The highest BCUT2D eigenvalue weighted by molar-refractivity contribution is 6.44. The average Bonchev–Trinajstić information content (AvgIpc) is 2.45. The maximum atomic E-state index is 11.3. The van der Waals surface area contributed by atoms with Gasteiger partial charge in [0.05, 0.1) is 6.10 Å². The number of rotatable bonds is 7. The van der Waals surface area contributed by atoms with Gasteiger partial charge in [-0.3, -0.25) is 4.79 Å². The fourth-order valence-corrected chi connectivity index (χ4v) is 2.63. The van der Waals surface area contributed by atoms with Crippen molar-refractivity contribution in [3.8, 4) is 0 Å². The van der Waals surface area contributed by atoms with Gasteiger partial charge in [0.25, 0.3) is 0 Å². The zero-order valence-corrected chi connectivity index (χ0v) is 13.3. The quantitative estimate of drug-likeness (QED) is 0.532. The van der Waals surface area contributed by atoms with Crippen LogP contribution in [0.4, 0.5) is 5.69 Å². The van der Waals surface area contributed by atoms with Crippen LogP contribution in [0.5, 0.6) is 0 Å². The van der Waals surface area contributed by atoms with E-state index in [1.165, 1.54) is 0 Å². The second-order valence-corrected chi connectivity index (χ2v) is 6.50. The molecule has 116 valence electrons. The lowest BCUT2D eigenvalue weighted by Gasteiger charge is -2.19. The normalized spacial score (nSPS) is 15.7. The van der Waals surface area contributed by atoms with Gasteiger partial charge in [-0.1, -0.05) is 12.1 Å². The molecule has 3 N–H and O–H groups in total. The lowest BCUT2D eigenvalue weighted by Crippen LogP contribution is -2.21. The molecule has 0 bridgehead atoms. The zero-order valence-electron chi connectivity index (χ0n) is 11.7. The van der Waals surface area contributed by atoms with Crippen molar-refractivity contribution in [1.82, 2.24) is 5.32 Å². The monoisotopic (exact) mass is 330 g/mol. The highest BCUT2D eigenvalue weighted by Crippen LogP contribution is 2.27. The Kier molecular flexibility index (Phi) is 6.30. The van der Waals surface area contributed by atoms with Gasteiger partial charge >= 0.3 is 0 Å². The highest BCUT2D eigenvalue weighted by Gasteiger charge is 2.16. The van der Waals surface area contributed by atoms with Crippen LogP contribution in [0, 0.1) is 0 Å². The molecule has 21 heavy (non-hydrogen) atoms. The van der Waals surface area contributed by atoms with Crippen molar-refractivity contribution in [1.29, 1.82) is 0 Å². The number of alkyl halides is 2. The molecule has 1 aromatic rings. The first kappa shape index (κ1) is 16.6. The standard InChI is InChI=1S/C15H20Cl2N2O2/c16-14(17)9-18-7-1-2-13(20)11-3-5-12-10(8-11)4-6-15(21)19-12/h3,5,8,13-14,18,20H,1-2,4,6-7,9H2,(H,19,21). The summed E-state index contributed by atoms with van der Waals surface area (Å²) in [6, 6.07) is 5.73. The van der Waals surface area contributed by atoms with Crippen LogP contribution >= 0.6 is 23.2 Å². The third-order valence-corrected chi connectivity index (χ3v) is 3.85. The lowest BCUT2D eigenvalue weighted by molar-refractivity contribution is -0.116. The third-order valence-electron chi connectivity index (χ3n) is 3.54. The van der Waals surface area contributed by atoms with Crippen molar-refractivity contribution in [3.05, 3.63) is 29.3 Å². The van der Waals surface area contributed by atoms with Crippen LogP contribution in [0.15, 0.2) is 18.2 Å². The van der Waals surface area contributed by atoms with E-state index < -0.39 is 10.9 Å². The van der Waals surface area contributed by atoms with E-state index in [9.17, 15) is 9.90 Å². The van der Waals surface area contributed by atoms with Gasteiger partial charge in [0.1, 0.15) is 4.84 Å². The van der Waals surface area contributed by atoms with Crippen LogP contribution < -0.4 is 10.6 Å². The predicted octanol–water partition coefficient (Wildman–Crippen LogP) is 2.78. The van der Waals surface area contributed by atoms with Gasteiger partial charge in [-0.25, -0.2) is 0 Å². The minimum absolute atomic E-state index is 0.0544. The number of amides is 1. The molecule has 0 aromatic heterocycles. The van der Waals surface area contributed by atoms with E-state index >= 15 is 0 Å². The summed E-state index contributed by atoms with van der Waals surface area (Å²) in [6.45, 7) is 1.33. The van der Waals surface area contributed by atoms with Crippen molar-refractivity contribution in [2.45, 2.75) is 36.6 Å². The van der Waals surface area contributed by atoms with E-state index in [1.54, 1.807) is 0 Å². The first-order chi connectivity index (χ1) is 10.1. The second kappa shape index (κ2) is 7.99. The molecule has 1 aliphatic heterocycles. The van der Waals surface area contributed by atoms with E-state index in [4.69, 9.17) is 23.2 Å². The van der Waals surface area contributed by atoms with E-state index in [2.05, 4.69) is 10.6 Å². The van der Waals surface area contributed by atoms with Crippen LogP contribution in [-0.2, 0) is 11.2 Å². The van der Waals surface area contributed by atoms with Crippen LogP contribution in [0.25, 0.3) is 0 Å². The van der Waals surface area contributed by atoms with Gasteiger partial charge in [0.2, 0.25) is 5.91 Å². The molecule has 4 nitrogen and oxygen atoms in total. The minimum atomic E-state index is -0.488. The van der Waals surface area contributed by atoms with Crippen molar-refractivity contribution < 1.29 is 9.90 Å². The summed E-state index contributed by atoms with van der Waals surface area (Å²) in [4.78, 5) is 10.9. The Hall–Kier alpha value is -0.810. The van der Waals surface area contributed by atoms with Crippen LogP contribution in [-0.4, -0.2) is 28.9 Å². The maximum Gasteiger partial charge on any atom is 0.224 e. The molecular weight excluding hydrogens is 311 g/mol. The molecule has 0 aliphatic carbocycles. The number of carbonyl (C=O) groups is 1. The second-order valence-electron chi connectivity index (χ2n) is 5.22. The number of carbonyl (C=O) groups excluding carboxylic acids is 1. The minimum Gasteiger partial charge on any atom is -0.388 e. The molecule has 1 amide bonds. The van der Waals surface area contributed by atoms with Gasteiger partial charge in [-0.2, -0.15) is 0 Å². The van der Waals surface area contributed by atoms with Gasteiger partial charge in [0, 0.05) is 18.7 Å². The van der Waals surface area contributed by atoms with Gasteiger partial charge < -0.3 is 15.7 Å². The van der Waals surface area contributed by atoms with E-state index in [-0.39, 0.29) is 5.91 Å². The average molecular weight is 331 g/mol. The summed E-state index contributed by atoms with van der Waals surface area (Å²) in [5.41, 5.74) is 2.85. The van der Waals surface area contributed by atoms with Gasteiger partial charge in [-0.15, -0.1) is 23.2 Å². The maximum absolute atomic E-state index is 11.3. The van der Waals surface area contributed by atoms with Crippen molar-refractivity contribution in [2.24, 2.45) is 0 Å². The largest absolute Gasteiger partial charge is 0.388 e. The van der Waals surface area contributed by atoms with Gasteiger partial charge in [0.15, 0.2) is 0 Å². The Morgan fingerprint density at radius 3 is 2.90 bits per heavy atom. The molecule has 2 rings (SSSR count). The highest BCUT2D eigenvalue weighted by atomic mass is 35.5. The number of benzene rings is 1. The van der Waals surface area contributed by atoms with Crippen LogP contribution in [0.1, 0.15) is 36.5 Å². The fraction of sp³-hybridized carbons (Fsp3) is 0.533. The fourth-order valence-electron chi connectivity index (χ4n) is 2.41. The number of aliphatic hydroxyl groups excluding tert-OH is 1. The van der Waals surface area contributed by atoms with Gasteiger partial charge in [-0.05, 0) is 43.0 Å². The first-order valence-electron chi connectivity index (χ1n) is 7.16. The summed E-state index contributed by atoms with van der Waals surface area (Å²) in [5.74, 6) is 0.0544. The Bertz CT molecular complexity index is 495. The molecule has 0 radical (unpaired) electrons. The number of aliphatic hydroxyl groups is 1. The van der Waals surface area contributed by atoms with Crippen LogP contribution in [0.2, 0.25) is 0 Å². The molecule has 1 aliphatic rings. The summed E-state index contributed by atoms with van der Waals surface area (Å²) in [7, 11) is 0. The topological polar surface area (TPSA) is 61.4 Å². The summed E-state index contributed by atoms with van der Waals surface area (Å²) < 4.78 is 0. The molecule has 0 saturated carbocycles. The molecule has 0 fully saturated rings. The number of hydrogen-bond acceptors (Lipinski definition) is 3. The zero-order chi connectivity index (χ0) is 15.2. The number of anilines is 1. The first-order valence-corrected chi connectivity index (χ1v) is 8.03. The summed E-state index contributed by atoms with van der Waals surface area (Å²) in [6.07, 6.45) is 2.27. The number of hydrogen-bond donors (Lipinski definition) is 3. The molecule has 1 unspecified atom stereocenters. The summed E-state index contributed by atoms with van der Waals surface area (Å²) in [5, 5.41) is 16.2. The number of fused-ring (bicyclic) bond motifs is 1. The smallest absolute Gasteiger partial charge is 0.224 e. The van der Waals surface area contributed by atoms with E-state index in [0.29, 0.717) is 19.4 Å². The molecule has 6 heteroatoms. The van der Waals surface area contributed by atoms with Crippen molar-refractivity contribution in [2.75, 3.05) is 18.4 Å². The number of nitrogens with one attached hydrogen (secondary N) is 2. The van der Waals surface area contributed by atoms with E-state index in [1.807, 2.05) is 18.2 Å². The Morgan fingerprint density at radius 1 is 1.33 bits per heavy atom. The molecular formula is C15H20Cl2N2O2.